The van der Waals surface area contributed by atoms with Gasteiger partial charge in [-0.3, -0.25) is 0 Å². The Morgan fingerprint density at radius 1 is 1.00 bits per heavy atom. The molecule has 1 N–H and O–H groups in total. The molecule has 1 fully saturated rings. The van der Waals surface area contributed by atoms with Crippen molar-refractivity contribution < 1.29 is 0 Å². The van der Waals surface area contributed by atoms with Gasteiger partial charge in [0.2, 0.25) is 0 Å². The predicted octanol–water partition coefficient (Wildman–Crippen LogP) is 5.81. The summed E-state index contributed by atoms with van der Waals surface area (Å²) < 4.78 is 2.34. The lowest BCUT2D eigenvalue weighted by Crippen LogP contribution is -2.41. The van der Waals surface area contributed by atoms with Crippen molar-refractivity contribution in [2.45, 2.75) is 37.8 Å². The first kappa shape index (κ1) is 15.3. The summed E-state index contributed by atoms with van der Waals surface area (Å²) >= 11 is 7.13. The van der Waals surface area contributed by atoms with Gasteiger partial charge >= 0.3 is 0 Å². The minimum atomic E-state index is 0.386. The maximum atomic E-state index is 3.75. The molecular formula is C18H19Br2N. The van der Waals surface area contributed by atoms with Gasteiger partial charge in [0.15, 0.2) is 0 Å². The van der Waals surface area contributed by atoms with Gasteiger partial charge in [-0.25, -0.2) is 0 Å². The van der Waals surface area contributed by atoms with E-state index in [9.17, 15) is 0 Å². The lowest BCUT2D eigenvalue weighted by molar-refractivity contribution is 0.270. The topological polar surface area (TPSA) is 12.0 Å². The second kappa shape index (κ2) is 6.64. The van der Waals surface area contributed by atoms with E-state index in [-0.39, 0.29) is 0 Å². The Kier molecular flexibility index (Phi) is 4.82. The van der Waals surface area contributed by atoms with Crippen LogP contribution in [0.5, 0.6) is 0 Å². The van der Waals surface area contributed by atoms with Crippen LogP contribution < -0.4 is 5.32 Å². The smallest absolute Gasteiger partial charge is 0.0305 e. The van der Waals surface area contributed by atoms with E-state index in [1.807, 2.05) is 0 Å². The maximum absolute atomic E-state index is 3.75. The third kappa shape index (κ3) is 3.58. The molecule has 0 radical (unpaired) electrons. The zero-order valence-electron chi connectivity index (χ0n) is 12.0. The summed E-state index contributed by atoms with van der Waals surface area (Å²) in [4.78, 5) is 0. The minimum absolute atomic E-state index is 0.386. The molecule has 1 aliphatic rings. The first-order valence-corrected chi connectivity index (χ1v) is 8.98. The summed E-state index contributed by atoms with van der Waals surface area (Å²) in [5, 5.41) is 3.75. The van der Waals surface area contributed by atoms with Gasteiger partial charge in [0.1, 0.15) is 0 Å². The summed E-state index contributed by atoms with van der Waals surface area (Å²) in [6.45, 7) is 2.24. The van der Waals surface area contributed by atoms with Crippen LogP contribution in [0.3, 0.4) is 0 Å². The molecule has 1 saturated carbocycles. The van der Waals surface area contributed by atoms with Crippen molar-refractivity contribution >= 4 is 31.9 Å². The van der Waals surface area contributed by atoms with Gasteiger partial charge in [-0.1, -0.05) is 62.2 Å². The number of hydrogen-bond donors (Lipinski definition) is 1. The molecule has 110 valence electrons. The van der Waals surface area contributed by atoms with Gasteiger partial charge in [-0.2, -0.15) is 0 Å². The average Bonchev–Trinajstić information content (AvgIpc) is 2.44. The largest absolute Gasteiger partial charge is 0.307 e. The standard InChI is InChI=1S/C18H19Br2N/c1-12(17-4-2-3-5-18(17)20)21-16-10-14(11-16)13-6-8-15(19)9-7-13/h2-9,12,14,16,21H,10-11H2,1H3/t12-,14?,16?/m0/s1. The van der Waals surface area contributed by atoms with Crippen molar-refractivity contribution in [1.82, 2.24) is 5.32 Å². The SMILES string of the molecule is C[C@H](NC1CC(c2ccc(Br)cc2)C1)c1ccccc1Br. The van der Waals surface area contributed by atoms with Crippen LogP contribution in [0.25, 0.3) is 0 Å². The monoisotopic (exact) mass is 407 g/mol. The maximum Gasteiger partial charge on any atom is 0.0305 e. The molecular weight excluding hydrogens is 390 g/mol. The van der Waals surface area contributed by atoms with Crippen molar-refractivity contribution in [3.8, 4) is 0 Å². The van der Waals surface area contributed by atoms with E-state index in [1.54, 1.807) is 0 Å². The molecule has 3 heteroatoms. The van der Waals surface area contributed by atoms with Crippen LogP contribution in [-0.4, -0.2) is 6.04 Å². The molecule has 1 atom stereocenters. The van der Waals surface area contributed by atoms with Gasteiger partial charge in [-0.15, -0.1) is 0 Å². The van der Waals surface area contributed by atoms with Gasteiger partial charge in [-0.05, 0) is 55.0 Å². The fourth-order valence-electron chi connectivity index (χ4n) is 3.03. The Labute approximate surface area is 143 Å². The van der Waals surface area contributed by atoms with Gasteiger partial charge in [0, 0.05) is 21.0 Å². The van der Waals surface area contributed by atoms with E-state index in [4.69, 9.17) is 0 Å². The Morgan fingerprint density at radius 2 is 1.67 bits per heavy atom. The molecule has 0 aliphatic heterocycles. The molecule has 0 amide bonds. The molecule has 1 nitrogen and oxygen atoms in total. The lowest BCUT2D eigenvalue weighted by atomic mass is 9.75. The number of benzene rings is 2. The van der Waals surface area contributed by atoms with Crippen molar-refractivity contribution in [2.75, 3.05) is 0 Å². The molecule has 2 aromatic carbocycles. The summed E-state index contributed by atoms with van der Waals surface area (Å²) in [7, 11) is 0. The molecule has 2 aromatic rings. The normalized spacial score (nSPS) is 22.6. The Morgan fingerprint density at radius 3 is 2.33 bits per heavy atom. The zero-order chi connectivity index (χ0) is 14.8. The second-order valence-electron chi connectivity index (χ2n) is 5.83. The van der Waals surface area contributed by atoms with Crippen LogP contribution >= 0.6 is 31.9 Å². The fraction of sp³-hybridized carbons (Fsp3) is 0.333. The number of halogens is 2. The molecule has 1 aliphatic carbocycles. The van der Waals surface area contributed by atoms with Crippen LogP contribution in [0.4, 0.5) is 0 Å². The summed E-state index contributed by atoms with van der Waals surface area (Å²) in [6.07, 6.45) is 2.47. The first-order chi connectivity index (χ1) is 10.1. The number of rotatable bonds is 4. The van der Waals surface area contributed by atoms with Crippen LogP contribution in [0.1, 0.15) is 42.9 Å². The third-order valence-corrected chi connectivity index (χ3v) is 5.59. The highest BCUT2D eigenvalue weighted by atomic mass is 79.9. The van der Waals surface area contributed by atoms with E-state index in [1.165, 1.54) is 28.4 Å². The van der Waals surface area contributed by atoms with E-state index < -0.39 is 0 Å². The highest BCUT2D eigenvalue weighted by Gasteiger charge is 2.31. The molecule has 0 aromatic heterocycles. The Balaban J connectivity index is 1.55. The Bertz CT molecular complexity index is 603. The van der Waals surface area contributed by atoms with E-state index in [0.29, 0.717) is 18.0 Å². The highest BCUT2D eigenvalue weighted by Crippen LogP contribution is 2.38. The lowest BCUT2D eigenvalue weighted by Gasteiger charge is -2.38. The molecule has 0 bridgehead atoms. The first-order valence-electron chi connectivity index (χ1n) is 7.39. The Hall–Kier alpha value is -0.640. The summed E-state index contributed by atoms with van der Waals surface area (Å²) in [6, 6.07) is 18.2. The zero-order valence-corrected chi connectivity index (χ0v) is 15.2. The molecule has 3 rings (SSSR count). The molecule has 21 heavy (non-hydrogen) atoms. The van der Waals surface area contributed by atoms with Crippen molar-refractivity contribution in [2.24, 2.45) is 0 Å². The van der Waals surface area contributed by atoms with Crippen LogP contribution in [0, 0.1) is 0 Å². The van der Waals surface area contributed by atoms with E-state index in [2.05, 4.69) is 92.6 Å². The van der Waals surface area contributed by atoms with Gasteiger partial charge < -0.3 is 5.32 Å². The molecule has 0 heterocycles. The van der Waals surface area contributed by atoms with Crippen LogP contribution in [-0.2, 0) is 0 Å². The van der Waals surface area contributed by atoms with Crippen LogP contribution in [0.2, 0.25) is 0 Å². The third-order valence-electron chi connectivity index (χ3n) is 4.34. The van der Waals surface area contributed by atoms with Gasteiger partial charge in [0.25, 0.3) is 0 Å². The quantitative estimate of drug-likeness (QED) is 0.673. The van der Waals surface area contributed by atoms with Crippen molar-refractivity contribution in [3.63, 3.8) is 0 Å². The molecule has 0 saturated heterocycles. The predicted molar refractivity (Wildman–Crippen MR) is 95.6 cm³/mol. The summed E-state index contributed by atoms with van der Waals surface area (Å²) in [5.41, 5.74) is 2.80. The molecule has 0 unspecified atom stereocenters. The number of nitrogens with one attached hydrogen (secondary N) is 1. The average molecular weight is 409 g/mol. The van der Waals surface area contributed by atoms with Crippen LogP contribution in [0.15, 0.2) is 57.5 Å². The van der Waals surface area contributed by atoms with E-state index >= 15 is 0 Å². The fourth-order valence-corrected chi connectivity index (χ4v) is 3.92. The highest BCUT2D eigenvalue weighted by molar-refractivity contribution is 9.10. The van der Waals surface area contributed by atoms with Crippen molar-refractivity contribution in [1.29, 1.82) is 0 Å². The number of hydrogen-bond acceptors (Lipinski definition) is 1. The summed E-state index contributed by atoms with van der Waals surface area (Å²) in [5.74, 6) is 0.710. The minimum Gasteiger partial charge on any atom is -0.307 e. The second-order valence-corrected chi connectivity index (χ2v) is 7.60. The van der Waals surface area contributed by atoms with Crippen molar-refractivity contribution in [3.05, 3.63) is 68.6 Å². The van der Waals surface area contributed by atoms with Gasteiger partial charge in [0.05, 0.1) is 0 Å². The van der Waals surface area contributed by atoms with E-state index in [0.717, 1.165) is 4.47 Å². The molecule has 0 spiro atoms.